The van der Waals surface area contributed by atoms with Gasteiger partial charge in [-0.15, -0.1) is 0 Å². The van der Waals surface area contributed by atoms with Gasteiger partial charge in [-0.1, -0.05) is 13.0 Å². The molecule has 4 nitrogen and oxygen atoms in total. The third-order valence-corrected chi connectivity index (χ3v) is 3.08. The van der Waals surface area contributed by atoms with Crippen LogP contribution in [0.15, 0.2) is 24.4 Å². The number of nitrogens with zero attached hydrogens (tertiary/aromatic N) is 3. The molecule has 1 aromatic rings. The number of hydrogen-bond donors (Lipinski definition) is 0. The molecule has 1 aromatic heterocycles. The van der Waals surface area contributed by atoms with Crippen molar-refractivity contribution in [3.8, 4) is 0 Å². The van der Waals surface area contributed by atoms with E-state index in [1.165, 1.54) is 6.42 Å². The van der Waals surface area contributed by atoms with Gasteiger partial charge in [0.2, 0.25) is 0 Å². The van der Waals surface area contributed by atoms with E-state index in [0.29, 0.717) is 5.69 Å². The molecular weight excluding hydrogens is 214 g/mol. The van der Waals surface area contributed by atoms with Gasteiger partial charge in [0.15, 0.2) is 0 Å². The second kappa shape index (κ2) is 5.77. The maximum absolute atomic E-state index is 12.1. The van der Waals surface area contributed by atoms with E-state index in [-0.39, 0.29) is 5.91 Å². The van der Waals surface area contributed by atoms with Crippen LogP contribution in [0.2, 0.25) is 0 Å². The largest absolute Gasteiger partial charge is 0.335 e. The summed E-state index contributed by atoms with van der Waals surface area (Å²) in [5.74, 6) is 0.0572. The average molecular weight is 233 g/mol. The molecule has 0 aliphatic carbocycles. The smallest absolute Gasteiger partial charge is 0.272 e. The van der Waals surface area contributed by atoms with Crippen LogP contribution in [0.5, 0.6) is 0 Å². The number of pyridine rings is 1. The topological polar surface area (TPSA) is 36.4 Å². The van der Waals surface area contributed by atoms with Crippen molar-refractivity contribution in [1.82, 2.24) is 14.8 Å². The van der Waals surface area contributed by atoms with E-state index < -0.39 is 0 Å². The Morgan fingerprint density at radius 3 is 2.65 bits per heavy atom. The van der Waals surface area contributed by atoms with E-state index in [4.69, 9.17) is 0 Å². The fourth-order valence-corrected chi connectivity index (χ4v) is 2.14. The number of rotatable bonds is 3. The first kappa shape index (κ1) is 12.0. The molecule has 0 aromatic carbocycles. The summed E-state index contributed by atoms with van der Waals surface area (Å²) in [5, 5.41) is 0. The Bertz CT molecular complexity index is 358. The zero-order valence-electron chi connectivity index (χ0n) is 10.3. The summed E-state index contributed by atoms with van der Waals surface area (Å²) in [6.45, 7) is 6.90. The van der Waals surface area contributed by atoms with Gasteiger partial charge in [0.05, 0.1) is 0 Å². The first-order valence-corrected chi connectivity index (χ1v) is 6.24. The van der Waals surface area contributed by atoms with Crippen LogP contribution in [0.3, 0.4) is 0 Å². The highest BCUT2D eigenvalue weighted by atomic mass is 16.2. The number of carbonyl (C=O) groups is 1. The van der Waals surface area contributed by atoms with Gasteiger partial charge in [-0.3, -0.25) is 14.7 Å². The first-order valence-electron chi connectivity index (χ1n) is 6.24. The summed E-state index contributed by atoms with van der Waals surface area (Å²) < 4.78 is 0. The van der Waals surface area contributed by atoms with E-state index in [1.807, 2.05) is 17.0 Å². The predicted molar refractivity (Wildman–Crippen MR) is 66.9 cm³/mol. The summed E-state index contributed by atoms with van der Waals surface area (Å²) in [4.78, 5) is 20.5. The van der Waals surface area contributed by atoms with Crippen molar-refractivity contribution in [3.05, 3.63) is 30.1 Å². The van der Waals surface area contributed by atoms with Crippen LogP contribution in [-0.4, -0.2) is 53.4 Å². The van der Waals surface area contributed by atoms with Crippen LogP contribution < -0.4 is 0 Å². The number of piperazine rings is 1. The zero-order valence-corrected chi connectivity index (χ0v) is 10.3. The Hall–Kier alpha value is -1.42. The molecule has 1 amide bonds. The monoisotopic (exact) mass is 233 g/mol. The van der Waals surface area contributed by atoms with E-state index in [2.05, 4.69) is 16.8 Å². The van der Waals surface area contributed by atoms with E-state index in [9.17, 15) is 4.79 Å². The second-order valence-electron chi connectivity index (χ2n) is 4.35. The van der Waals surface area contributed by atoms with Gasteiger partial charge in [-0.25, -0.2) is 0 Å². The third-order valence-electron chi connectivity index (χ3n) is 3.08. The maximum Gasteiger partial charge on any atom is 0.272 e. The van der Waals surface area contributed by atoms with Crippen LogP contribution in [0, 0.1) is 0 Å². The fourth-order valence-electron chi connectivity index (χ4n) is 2.14. The van der Waals surface area contributed by atoms with E-state index >= 15 is 0 Å². The summed E-state index contributed by atoms with van der Waals surface area (Å²) in [6.07, 6.45) is 2.84. The molecule has 1 saturated heterocycles. The lowest BCUT2D eigenvalue weighted by Crippen LogP contribution is -2.48. The van der Waals surface area contributed by atoms with Crippen molar-refractivity contribution >= 4 is 5.91 Å². The molecule has 0 atom stereocenters. The molecule has 2 rings (SSSR count). The Labute approximate surface area is 102 Å². The Morgan fingerprint density at radius 2 is 2.06 bits per heavy atom. The minimum absolute atomic E-state index is 0.0572. The van der Waals surface area contributed by atoms with E-state index in [1.54, 1.807) is 12.3 Å². The molecule has 92 valence electrons. The second-order valence-corrected chi connectivity index (χ2v) is 4.35. The SMILES string of the molecule is CCCN1CCN(C(=O)c2ccccn2)CC1. The number of aromatic nitrogens is 1. The van der Waals surface area contributed by atoms with Gasteiger partial charge in [0.1, 0.15) is 5.69 Å². The molecule has 2 heterocycles. The fraction of sp³-hybridized carbons (Fsp3) is 0.538. The molecular formula is C13H19N3O. The van der Waals surface area contributed by atoms with Crippen molar-refractivity contribution in [2.75, 3.05) is 32.7 Å². The normalized spacial score (nSPS) is 17.1. The molecule has 0 spiro atoms. The summed E-state index contributed by atoms with van der Waals surface area (Å²) in [7, 11) is 0. The van der Waals surface area contributed by atoms with Crippen LogP contribution >= 0.6 is 0 Å². The summed E-state index contributed by atoms with van der Waals surface area (Å²) in [6, 6.07) is 5.46. The van der Waals surface area contributed by atoms with Gasteiger partial charge >= 0.3 is 0 Å². The zero-order chi connectivity index (χ0) is 12.1. The Morgan fingerprint density at radius 1 is 1.29 bits per heavy atom. The molecule has 1 aliphatic rings. The van der Waals surface area contributed by atoms with Gasteiger partial charge in [0, 0.05) is 32.4 Å². The van der Waals surface area contributed by atoms with Gasteiger partial charge in [0.25, 0.3) is 5.91 Å². The van der Waals surface area contributed by atoms with Crippen molar-refractivity contribution in [1.29, 1.82) is 0 Å². The number of amides is 1. The van der Waals surface area contributed by atoms with Crippen LogP contribution in [0.4, 0.5) is 0 Å². The van der Waals surface area contributed by atoms with Crippen molar-refractivity contribution in [2.45, 2.75) is 13.3 Å². The van der Waals surface area contributed by atoms with Gasteiger partial charge < -0.3 is 4.90 Å². The van der Waals surface area contributed by atoms with Crippen molar-refractivity contribution in [3.63, 3.8) is 0 Å². The molecule has 0 saturated carbocycles. The molecule has 0 N–H and O–H groups in total. The molecule has 0 bridgehead atoms. The molecule has 0 radical (unpaired) electrons. The maximum atomic E-state index is 12.1. The van der Waals surface area contributed by atoms with Crippen LogP contribution in [-0.2, 0) is 0 Å². The van der Waals surface area contributed by atoms with Crippen LogP contribution in [0.25, 0.3) is 0 Å². The highest BCUT2D eigenvalue weighted by Gasteiger charge is 2.21. The van der Waals surface area contributed by atoms with Crippen molar-refractivity contribution in [2.24, 2.45) is 0 Å². The molecule has 1 fully saturated rings. The lowest BCUT2D eigenvalue weighted by molar-refractivity contribution is 0.0632. The van der Waals surface area contributed by atoms with Crippen LogP contribution in [0.1, 0.15) is 23.8 Å². The Kier molecular flexibility index (Phi) is 4.09. The number of hydrogen-bond acceptors (Lipinski definition) is 3. The molecule has 1 aliphatic heterocycles. The highest BCUT2D eigenvalue weighted by Crippen LogP contribution is 2.07. The van der Waals surface area contributed by atoms with Crippen molar-refractivity contribution < 1.29 is 4.79 Å². The quantitative estimate of drug-likeness (QED) is 0.788. The standard InChI is InChI=1S/C13H19N3O/c1-2-7-15-8-10-16(11-9-15)13(17)12-5-3-4-6-14-12/h3-6H,2,7-11H2,1H3. The molecule has 4 heteroatoms. The summed E-state index contributed by atoms with van der Waals surface area (Å²) >= 11 is 0. The number of carbonyl (C=O) groups excluding carboxylic acids is 1. The molecule has 17 heavy (non-hydrogen) atoms. The average Bonchev–Trinajstić information content (AvgIpc) is 2.40. The molecule has 0 unspecified atom stereocenters. The predicted octanol–water partition coefficient (Wildman–Crippen LogP) is 1.25. The minimum atomic E-state index is 0.0572. The van der Waals surface area contributed by atoms with E-state index in [0.717, 1.165) is 32.7 Å². The van der Waals surface area contributed by atoms with Gasteiger partial charge in [-0.2, -0.15) is 0 Å². The van der Waals surface area contributed by atoms with Gasteiger partial charge in [-0.05, 0) is 25.1 Å². The first-order chi connectivity index (χ1) is 8.31. The lowest BCUT2D eigenvalue weighted by Gasteiger charge is -2.34. The third kappa shape index (κ3) is 3.03. The Balaban J connectivity index is 1.91. The highest BCUT2D eigenvalue weighted by molar-refractivity contribution is 5.92. The lowest BCUT2D eigenvalue weighted by atomic mass is 10.2. The minimum Gasteiger partial charge on any atom is -0.335 e. The summed E-state index contributed by atoms with van der Waals surface area (Å²) in [5.41, 5.74) is 0.552.